The molecule has 0 fully saturated rings. The molecule has 0 spiro atoms. The van der Waals surface area contributed by atoms with E-state index in [0.717, 1.165) is 5.56 Å². The fourth-order valence-corrected chi connectivity index (χ4v) is 3.05. The molecule has 3 heterocycles. The Labute approximate surface area is 183 Å². The molecule has 0 saturated carbocycles. The second-order valence-corrected chi connectivity index (χ2v) is 6.88. The van der Waals surface area contributed by atoms with Crippen LogP contribution >= 0.6 is 0 Å². The fourth-order valence-electron chi connectivity index (χ4n) is 3.05. The van der Waals surface area contributed by atoms with Crippen molar-refractivity contribution < 1.29 is 9.18 Å². The highest BCUT2D eigenvalue weighted by molar-refractivity contribution is 5.99. The summed E-state index contributed by atoms with van der Waals surface area (Å²) in [7, 11) is 0. The summed E-state index contributed by atoms with van der Waals surface area (Å²) < 4.78 is 13.3. The van der Waals surface area contributed by atoms with Crippen molar-refractivity contribution in [3.63, 3.8) is 0 Å². The lowest BCUT2D eigenvalue weighted by Gasteiger charge is -2.16. The van der Waals surface area contributed by atoms with E-state index in [9.17, 15) is 9.18 Å². The normalized spacial score (nSPS) is 11.6. The SMILES string of the molecule is C[C@@H](Nc1nc(Nc2cnccn2)cc(-c2cnccc2C(N)=O)n1)c1ccc(F)cc1. The van der Waals surface area contributed by atoms with Gasteiger partial charge in [0.05, 0.1) is 23.5 Å². The van der Waals surface area contributed by atoms with E-state index in [1.807, 2.05) is 6.92 Å². The lowest BCUT2D eigenvalue weighted by molar-refractivity contribution is 0.100. The molecule has 9 nitrogen and oxygen atoms in total. The second-order valence-electron chi connectivity index (χ2n) is 6.88. The van der Waals surface area contributed by atoms with Gasteiger partial charge in [0.1, 0.15) is 17.5 Å². The van der Waals surface area contributed by atoms with Crippen molar-refractivity contribution in [2.24, 2.45) is 5.73 Å². The maximum atomic E-state index is 13.3. The van der Waals surface area contributed by atoms with Gasteiger partial charge in [-0.15, -0.1) is 0 Å². The van der Waals surface area contributed by atoms with Gasteiger partial charge < -0.3 is 16.4 Å². The van der Waals surface area contributed by atoms with E-state index in [1.54, 1.807) is 36.8 Å². The third-order valence-corrected chi connectivity index (χ3v) is 4.62. The van der Waals surface area contributed by atoms with Crippen molar-refractivity contribution in [3.05, 3.63) is 84.3 Å². The number of hydrogen-bond acceptors (Lipinski definition) is 8. The number of anilines is 3. The van der Waals surface area contributed by atoms with Gasteiger partial charge >= 0.3 is 0 Å². The molecule has 4 rings (SSSR count). The summed E-state index contributed by atoms with van der Waals surface area (Å²) in [4.78, 5) is 33.3. The summed E-state index contributed by atoms with van der Waals surface area (Å²) in [5, 5.41) is 6.28. The Morgan fingerprint density at radius 1 is 1.00 bits per heavy atom. The van der Waals surface area contributed by atoms with Crippen molar-refractivity contribution in [2.75, 3.05) is 10.6 Å². The highest BCUT2D eigenvalue weighted by Gasteiger charge is 2.16. The molecule has 3 aromatic heterocycles. The van der Waals surface area contributed by atoms with E-state index < -0.39 is 5.91 Å². The molecule has 1 amide bonds. The van der Waals surface area contributed by atoms with Crippen LogP contribution < -0.4 is 16.4 Å². The number of amides is 1. The van der Waals surface area contributed by atoms with Crippen LogP contribution in [0.1, 0.15) is 28.9 Å². The molecule has 1 atom stereocenters. The molecule has 0 aliphatic heterocycles. The maximum Gasteiger partial charge on any atom is 0.249 e. The highest BCUT2D eigenvalue weighted by Crippen LogP contribution is 2.27. The number of carbonyl (C=O) groups excluding carboxylic acids is 1. The first kappa shape index (κ1) is 20.8. The van der Waals surface area contributed by atoms with Crippen LogP contribution in [0.2, 0.25) is 0 Å². The van der Waals surface area contributed by atoms with E-state index >= 15 is 0 Å². The summed E-state index contributed by atoms with van der Waals surface area (Å²) in [6.45, 7) is 1.90. The van der Waals surface area contributed by atoms with Gasteiger partial charge in [0.2, 0.25) is 11.9 Å². The van der Waals surface area contributed by atoms with Crippen LogP contribution in [0.4, 0.5) is 22.0 Å². The van der Waals surface area contributed by atoms with Crippen molar-refractivity contribution >= 4 is 23.5 Å². The third kappa shape index (κ3) is 4.81. The zero-order chi connectivity index (χ0) is 22.5. The van der Waals surface area contributed by atoms with E-state index in [2.05, 4.69) is 35.6 Å². The number of hydrogen-bond donors (Lipinski definition) is 3. The molecule has 0 aliphatic carbocycles. The molecule has 0 aliphatic rings. The van der Waals surface area contributed by atoms with E-state index in [4.69, 9.17) is 5.73 Å². The van der Waals surface area contributed by atoms with Gasteiger partial charge in [0.15, 0.2) is 0 Å². The summed E-state index contributed by atoms with van der Waals surface area (Å²) >= 11 is 0. The smallest absolute Gasteiger partial charge is 0.249 e. The van der Waals surface area contributed by atoms with E-state index in [0.29, 0.717) is 22.9 Å². The molecule has 0 saturated heterocycles. The quantitative estimate of drug-likeness (QED) is 0.406. The number of carbonyl (C=O) groups is 1. The molecular weight excluding hydrogens is 411 g/mol. The van der Waals surface area contributed by atoms with Gasteiger partial charge in [0.25, 0.3) is 0 Å². The molecule has 160 valence electrons. The average Bonchev–Trinajstić information content (AvgIpc) is 2.80. The van der Waals surface area contributed by atoms with Crippen LogP contribution in [-0.4, -0.2) is 30.8 Å². The van der Waals surface area contributed by atoms with E-state index in [1.165, 1.54) is 30.6 Å². The fraction of sp³-hybridized carbons (Fsp3) is 0.0909. The summed E-state index contributed by atoms with van der Waals surface area (Å²) in [5.41, 5.74) is 7.55. The number of pyridine rings is 1. The minimum atomic E-state index is -0.598. The lowest BCUT2D eigenvalue weighted by Crippen LogP contribution is -2.14. The van der Waals surface area contributed by atoms with Gasteiger partial charge in [-0.2, -0.15) is 4.98 Å². The Kier molecular flexibility index (Phi) is 5.93. The second kappa shape index (κ2) is 9.13. The number of nitrogens with two attached hydrogens (primary N) is 1. The van der Waals surface area contributed by atoms with Crippen LogP contribution in [0.5, 0.6) is 0 Å². The first-order valence-corrected chi connectivity index (χ1v) is 9.68. The molecule has 4 aromatic rings. The van der Waals surface area contributed by atoms with Gasteiger partial charge in [-0.25, -0.2) is 14.4 Å². The number of primary amides is 1. The van der Waals surface area contributed by atoms with Crippen molar-refractivity contribution in [2.45, 2.75) is 13.0 Å². The molecule has 0 unspecified atom stereocenters. The molecule has 1 aromatic carbocycles. The van der Waals surface area contributed by atoms with Crippen LogP contribution in [-0.2, 0) is 0 Å². The van der Waals surface area contributed by atoms with Gasteiger partial charge in [0, 0.05) is 36.4 Å². The van der Waals surface area contributed by atoms with Crippen molar-refractivity contribution in [1.82, 2.24) is 24.9 Å². The number of nitrogens with zero attached hydrogens (tertiary/aromatic N) is 5. The molecule has 10 heteroatoms. The average molecular weight is 430 g/mol. The van der Waals surface area contributed by atoms with Crippen LogP contribution in [0.3, 0.4) is 0 Å². The Morgan fingerprint density at radius 3 is 2.50 bits per heavy atom. The van der Waals surface area contributed by atoms with Gasteiger partial charge in [-0.05, 0) is 30.7 Å². The minimum Gasteiger partial charge on any atom is -0.366 e. The largest absolute Gasteiger partial charge is 0.366 e. The van der Waals surface area contributed by atoms with Crippen LogP contribution in [0, 0.1) is 5.82 Å². The Morgan fingerprint density at radius 2 is 1.78 bits per heavy atom. The monoisotopic (exact) mass is 430 g/mol. The highest BCUT2D eigenvalue weighted by atomic mass is 19.1. The Bertz CT molecular complexity index is 1230. The number of benzene rings is 1. The predicted molar refractivity (Wildman–Crippen MR) is 118 cm³/mol. The van der Waals surface area contributed by atoms with Gasteiger partial charge in [-0.1, -0.05) is 12.1 Å². The molecule has 32 heavy (non-hydrogen) atoms. The Balaban J connectivity index is 1.73. The van der Waals surface area contributed by atoms with E-state index in [-0.39, 0.29) is 23.4 Å². The maximum absolute atomic E-state index is 13.3. The topological polar surface area (TPSA) is 132 Å². The first-order valence-electron chi connectivity index (χ1n) is 9.68. The molecule has 0 bridgehead atoms. The number of halogens is 1. The number of aromatic nitrogens is 5. The third-order valence-electron chi connectivity index (χ3n) is 4.62. The Hall–Kier alpha value is -4.47. The summed E-state index contributed by atoms with van der Waals surface area (Å²) in [6.07, 6.45) is 7.66. The molecule has 0 radical (unpaired) electrons. The lowest BCUT2D eigenvalue weighted by atomic mass is 10.1. The van der Waals surface area contributed by atoms with Crippen molar-refractivity contribution in [1.29, 1.82) is 0 Å². The zero-order valence-electron chi connectivity index (χ0n) is 17.0. The number of rotatable bonds is 7. The van der Waals surface area contributed by atoms with Gasteiger partial charge in [-0.3, -0.25) is 14.8 Å². The zero-order valence-corrected chi connectivity index (χ0v) is 17.0. The minimum absolute atomic E-state index is 0.222. The molecule has 4 N–H and O–H groups in total. The van der Waals surface area contributed by atoms with Crippen molar-refractivity contribution in [3.8, 4) is 11.3 Å². The predicted octanol–water partition coefficient (Wildman–Crippen LogP) is 3.48. The summed E-state index contributed by atoms with van der Waals surface area (Å²) in [5.74, 6) is 0.272. The van der Waals surface area contributed by atoms with Crippen LogP contribution in [0.25, 0.3) is 11.3 Å². The summed E-state index contributed by atoms with van der Waals surface area (Å²) in [6, 6.07) is 9.11. The van der Waals surface area contributed by atoms with Crippen LogP contribution in [0.15, 0.2) is 67.4 Å². The first-order chi connectivity index (χ1) is 15.5. The molecular formula is C22H19FN8O. The standard InChI is InChI=1S/C22H19FN8O/c1-13(14-2-4-15(23)5-3-14)28-22-29-18(17-11-25-7-6-16(17)21(24)32)10-19(31-22)30-20-12-26-8-9-27-20/h2-13H,1H3,(H2,24,32)(H2,27,28,29,30,31)/t13-/m1/s1. The number of nitrogens with one attached hydrogen (secondary N) is 2.